The molecule has 2 saturated heterocycles. The summed E-state index contributed by atoms with van der Waals surface area (Å²) < 4.78 is 28.6. The second-order valence-corrected chi connectivity index (χ2v) is 14.2. The van der Waals surface area contributed by atoms with E-state index in [0.717, 1.165) is 10.2 Å². The number of fused-ring (bicyclic) bond motifs is 3. The van der Waals surface area contributed by atoms with Gasteiger partial charge in [-0.1, -0.05) is 49.2 Å². The number of carbonyl (C=O) groups is 3. The molecule has 2 N–H and O–H groups in total. The molecule has 2 bridgehead atoms. The summed E-state index contributed by atoms with van der Waals surface area (Å²) in [6.45, 7) is 4.14. The van der Waals surface area contributed by atoms with Gasteiger partial charge < -0.3 is 15.1 Å². The molecular weight excluding hydrogens is 609 g/mol. The lowest BCUT2D eigenvalue weighted by Crippen LogP contribution is -2.57. The highest BCUT2D eigenvalue weighted by molar-refractivity contribution is 7.89. The number of rotatable bonds is 9. The Hall–Kier alpha value is -2.77. The summed E-state index contributed by atoms with van der Waals surface area (Å²) in [5, 5.41) is 3.45. The summed E-state index contributed by atoms with van der Waals surface area (Å²) in [5.74, 6) is -0.814. The number of amides is 3. The van der Waals surface area contributed by atoms with Gasteiger partial charge in [-0.2, -0.15) is 0 Å². The van der Waals surface area contributed by atoms with E-state index in [4.69, 9.17) is 23.2 Å². The number of carbonyl (C=O) groups excluding carboxylic acids is 3. The smallest absolute Gasteiger partial charge is 0.280 e. The number of likely N-dealkylation sites (tertiary alicyclic amines) is 2. The first kappa shape index (κ1) is 29.7. The number of halogens is 2. The van der Waals surface area contributed by atoms with Crippen molar-refractivity contribution in [3.8, 4) is 0 Å². The lowest BCUT2D eigenvalue weighted by atomic mass is 10.0. The van der Waals surface area contributed by atoms with Crippen LogP contribution in [0.1, 0.15) is 36.5 Å². The van der Waals surface area contributed by atoms with Crippen LogP contribution in [0.4, 0.5) is 0 Å². The lowest BCUT2D eigenvalue weighted by Gasteiger charge is -2.36. The molecule has 1 aromatic heterocycles. The second-order valence-electron chi connectivity index (χ2n) is 10.6. The maximum Gasteiger partial charge on any atom is 0.280 e. The molecule has 0 unspecified atom stereocenters. The maximum absolute atomic E-state index is 13.6. The Labute approximate surface area is 252 Å². The van der Waals surface area contributed by atoms with Gasteiger partial charge >= 0.3 is 0 Å². The van der Waals surface area contributed by atoms with Gasteiger partial charge in [-0.15, -0.1) is 11.3 Å². The van der Waals surface area contributed by atoms with Gasteiger partial charge in [0.05, 0.1) is 33.9 Å². The molecule has 2 fully saturated rings. The quantitative estimate of drug-likeness (QED) is 0.369. The summed E-state index contributed by atoms with van der Waals surface area (Å²) in [4.78, 5) is 47.2. The molecule has 218 valence electrons. The highest BCUT2D eigenvalue weighted by atomic mass is 35.5. The van der Waals surface area contributed by atoms with Crippen molar-refractivity contribution in [3.05, 3.63) is 57.5 Å². The molecule has 5 rings (SSSR count). The molecule has 0 aliphatic carbocycles. The number of nitrogens with one attached hydrogen (secondary N) is 2. The summed E-state index contributed by atoms with van der Waals surface area (Å²) in [5.41, 5.74) is 0.731. The van der Waals surface area contributed by atoms with E-state index in [0.29, 0.717) is 36.0 Å². The van der Waals surface area contributed by atoms with Crippen molar-refractivity contribution in [2.75, 3.05) is 19.6 Å². The normalized spacial score (nSPS) is 19.2. The zero-order valence-corrected chi connectivity index (χ0v) is 25.5. The third-order valence-corrected chi connectivity index (χ3v) is 10.4. The topological polar surface area (TPSA) is 129 Å². The van der Waals surface area contributed by atoms with E-state index in [-0.39, 0.29) is 45.6 Å². The minimum Gasteiger partial charge on any atom is -0.338 e. The molecule has 10 nitrogen and oxygen atoms in total. The molecule has 0 radical (unpaired) electrons. The van der Waals surface area contributed by atoms with E-state index in [2.05, 4.69) is 15.0 Å². The third kappa shape index (κ3) is 6.36. The monoisotopic (exact) mass is 637 g/mol. The van der Waals surface area contributed by atoms with Crippen LogP contribution in [-0.4, -0.2) is 78.7 Å². The van der Waals surface area contributed by atoms with Crippen molar-refractivity contribution in [2.24, 2.45) is 5.92 Å². The molecule has 2 aromatic carbocycles. The van der Waals surface area contributed by atoms with Crippen molar-refractivity contribution < 1.29 is 22.8 Å². The number of aromatic nitrogens is 1. The average Bonchev–Trinajstić information content (AvgIpc) is 3.65. The van der Waals surface area contributed by atoms with Crippen molar-refractivity contribution in [2.45, 2.75) is 49.7 Å². The molecule has 3 heterocycles. The second kappa shape index (κ2) is 11.8. The first-order valence-corrected chi connectivity index (χ1v) is 16.2. The molecule has 2 aliphatic heterocycles. The van der Waals surface area contributed by atoms with Gasteiger partial charge in [-0.25, -0.2) is 18.1 Å². The van der Waals surface area contributed by atoms with Gasteiger partial charge in [0.15, 0.2) is 5.01 Å². The number of benzene rings is 2. The van der Waals surface area contributed by atoms with Gasteiger partial charge in [0.2, 0.25) is 21.8 Å². The zero-order chi connectivity index (χ0) is 29.5. The first-order valence-electron chi connectivity index (χ1n) is 13.1. The fourth-order valence-corrected chi connectivity index (χ4v) is 7.97. The summed E-state index contributed by atoms with van der Waals surface area (Å²) in [6.07, 6.45) is 1.05. The Morgan fingerprint density at radius 2 is 1.78 bits per heavy atom. The zero-order valence-electron chi connectivity index (χ0n) is 22.3. The molecule has 2 aliphatic rings. The Balaban J connectivity index is 1.20. The van der Waals surface area contributed by atoms with Gasteiger partial charge in [-0.3, -0.25) is 14.4 Å². The number of para-hydroxylation sites is 1. The minimum atomic E-state index is -4.03. The Bertz CT molecular complexity index is 1580. The van der Waals surface area contributed by atoms with E-state index < -0.39 is 22.6 Å². The third-order valence-electron chi connectivity index (χ3n) is 7.24. The van der Waals surface area contributed by atoms with Crippen LogP contribution in [0.5, 0.6) is 0 Å². The van der Waals surface area contributed by atoms with Crippen LogP contribution < -0.4 is 10.0 Å². The fourth-order valence-electron chi connectivity index (χ4n) is 5.35. The van der Waals surface area contributed by atoms with Crippen LogP contribution in [-0.2, 0) is 19.6 Å². The van der Waals surface area contributed by atoms with E-state index in [1.165, 1.54) is 29.5 Å². The lowest BCUT2D eigenvalue weighted by molar-refractivity contribution is -0.140. The summed E-state index contributed by atoms with van der Waals surface area (Å²) in [6, 6.07) is 10.3. The summed E-state index contributed by atoms with van der Waals surface area (Å²) >= 11 is 13.2. The van der Waals surface area contributed by atoms with Crippen LogP contribution in [0, 0.1) is 5.92 Å². The van der Waals surface area contributed by atoms with Gasteiger partial charge in [0, 0.05) is 18.1 Å². The molecule has 0 saturated carbocycles. The molecule has 3 atom stereocenters. The Morgan fingerprint density at radius 1 is 1.07 bits per heavy atom. The van der Waals surface area contributed by atoms with Crippen molar-refractivity contribution in [1.82, 2.24) is 24.8 Å². The summed E-state index contributed by atoms with van der Waals surface area (Å²) in [7, 11) is -4.03. The first-order chi connectivity index (χ1) is 19.4. The van der Waals surface area contributed by atoms with Crippen molar-refractivity contribution >= 4 is 72.5 Å². The molecule has 0 spiro atoms. The highest BCUT2D eigenvalue weighted by Gasteiger charge is 2.48. The van der Waals surface area contributed by atoms with E-state index >= 15 is 0 Å². The minimum absolute atomic E-state index is 0.0435. The SMILES string of the molecule is CC(C)C[C@H](NC(=O)c1nc2ccccc2s1)C(=O)N1C[C@@H]2C[C@H]1CN2C(=O)CNS(=O)(=O)c1ccc(Cl)cc1Cl. The molecule has 14 heteroatoms. The van der Waals surface area contributed by atoms with Crippen LogP contribution in [0.25, 0.3) is 10.2 Å². The number of piperazine rings is 1. The van der Waals surface area contributed by atoms with E-state index in [1.807, 2.05) is 38.1 Å². The van der Waals surface area contributed by atoms with Gasteiger partial charge in [-0.05, 0) is 49.1 Å². The van der Waals surface area contributed by atoms with Gasteiger partial charge in [0.1, 0.15) is 10.9 Å². The Kier molecular flexibility index (Phi) is 8.58. The standard InChI is InChI=1S/C27H29Cl2N5O5S2/c1-15(2)9-21(31-25(36)26-32-20-5-3-4-6-22(20)40-26)27(37)34-14-17-11-18(34)13-33(17)24(35)12-30-41(38,39)23-8-7-16(28)10-19(23)29/h3-8,10,15,17-18,21,30H,9,11-14H2,1-2H3,(H,31,36)/t17-,18-,21-/m0/s1. The van der Waals surface area contributed by atoms with E-state index in [9.17, 15) is 22.8 Å². The molecule has 3 aromatic rings. The highest BCUT2D eigenvalue weighted by Crippen LogP contribution is 2.32. The predicted octanol–water partition coefficient (Wildman–Crippen LogP) is 3.54. The number of thiazole rings is 1. The fraction of sp³-hybridized carbons (Fsp3) is 0.407. The van der Waals surface area contributed by atoms with Crippen molar-refractivity contribution in [1.29, 1.82) is 0 Å². The van der Waals surface area contributed by atoms with Gasteiger partial charge in [0.25, 0.3) is 5.91 Å². The van der Waals surface area contributed by atoms with Crippen LogP contribution >= 0.6 is 34.5 Å². The van der Waals surface area contributed by atoms with E-state index in [1.54, 1.807) is 9.80 Å². The Morgan fingerprint density at radius 3 is 2.44 bits per heavy atom. The molecule has 3 amide bonds. The van der Waals surface area contributed by atoms with Crippen LogP contribution in [0.3, 0.4) is 0 Å². The number of hydrogen-bond acceptors (Lipinski definition) is 7. The molecule has 41 heavy (non-hydrogen) atoms. The van der Waals surface area contributed by atoms with Crippen LogP contribution in [0.15, 0.2) is 47.4 Å². The van der Waals surface area contributed by atoms with Crippen molar-refractivity contribution in [3.63, 3.8) is 0 Å². The predicted molar refractivity (Wildman–Crippen MR) is 158 cm³/mol. The number of hydrogen-bond donors (Lipinski definition) is 2. The molecular formula is C27H29Cl2N5O5S2. The number of nitrogens with zero attached hydrogens (tertiary/aromatic N) is 3. The van der Waals surface area contributed by atoms with Crippen LogP contribution in [0.2, 0.25) is 10.0 Å². The average molecular weight is 639 g/mol. The number of sulfonamides is 1. The largest absolute Gasteiger partial charge is 0.338 e. The maximum atomic E-state index is 13.6.